The predicted molar refractivity (Wildman–Crippen MR) is 108 cm³/mol. The van der Waals surface area contributed by atoms with Gasteiger partial charge in [0, 0.05) is 36.4 Å². The van der Waals surface area contributed by atoms with Crippen LogP contribution in [0.4, 0.5) is 0 Å². The number of thiazole rings is 1. The lowest BCUT2D eigenvalue weighted by atomic mass is 9.93. The van der Waals surface area contributed by atoms with Crippen molar-refractivity contribution in [3.8, 4) is 0 Å². The molecule has 2 fully saturated rings. The first kappa shape index (κ1) is 19.1. The van der Waals surface area contributed by atoms with Crippen molar-refractivity contribution in [2.24, 2.45) is 5.92 Å². The molecule has 0 bridgehead atoms. The number of piperidine rings is 1. The molecule has 1 saturated heterocycles. The van der Waals surface area contributed by atoms with Crippen LogP contribution in [-0.2, 0) is 4.79 Å². The molecule has 1 saturated carbocycles. The van der Waals surface area contributed by atoms with Crippen LogP contribution in [0.15, 0.2) is 16.4 Å². The molecular weight excluding hydrogens is 376 g/mol. The topological polar surface area (TPSA) is 83.8 Å². The van der Waals surface area contributed by atoms with E-state index in [0.717, 1.165) is 31.4 Å². The molecule has 4 rings (SSSR count). The lowest BCUT2D eigenvalue weighted by molar-refractivity contribution is -0.127. The van der Waals surface area contributed by atoms with E-state index in [9.17, 15) is 14.4 Å². The third-order valence-corrected chi connectivity index (χ3v) is 6.84. The first-order valence-corrected chi connectivity index (χ1v) is 11.0. The summed E-state index contributed by atoms with van der Waals surface area (Å²) in [4.78, 5) is 45.0. The molecule has 150 valence electrons. The highest BCUT2D eigenvalue weighted by molar-refractivity contribution is 7.15. The van der Waals surface area contributed by atoms with Gasteiger partial charge in [0.1, 0.15) is 5.56 Å². The number of amides is 2. The fourth-order valence-corrected chi connectivity index (χ4v) is 5.11. The van der Waals surface area contributed by atoms with E-state index in [1.165, 1.54) is 41.2 Å². The Morgan fingerprint density at radius 2 is 1.96 bits per heavy atom. The summed E-state index contributed by atoms with van der Waals surface area (Å²) in [6.07, 6.45) is 8.60. The third kappa shape index (κ3) is 3.70. The summed E-state index contributed by atoms with van der Waals surface area (Å²) in [5, 5.41) is 5.03. The van der Waals surface area contributed by atoms with E-state index in [2.05, 4.69) is 10.3 Å². The Hall–Kier alpha value is -2.22. The fourth-order valence-electron chi connectivity index (χ4n) is 4.28. The van der Waals surface area contributed by atoms with Gasteiger partial charge in [0.2, 0.25) is 5.91 Å². The molecule has 1 unspecified atom stereocenters. The van der Waals surface area contributed by atoms with Crippen LogP contribution < -0.4 is 10.9 Å². The van der Waals surface area contributed by atoms with Gasteiger partial charge in [-0.05, 0) is 32.6 Å². The summed E-state index contributed by atoms with van der Waals surface area (Å²) in [6.45, 7) is 2.76. The molecule has 1 aliphatic heterocycles. The normalized spacial score (nSPS) is 21.0. The maximum atomic E-state index is 13.0. The van der Waals surface area contributed by atoms with E-state index in [1.807, 2.05) is 12.3 Å². The average molecular weight is 403 g/mol. The summed E-state index contributed by atoms with van der Waals surface area (Å²) in [5.74, 6) is -0.488. The number of aromatic nitrogens is 2. The first-order chi connectivity index (χ1) is 13.5. The number of rotatable bonds is 3. The second-order valence-electron chi connectivity index (χ2n) is 7.91. The van der Waals surface area contributed by atoms with Crippen molar-refractivity contribution in [3.05, 3.63) is 33.2 Å². The number of fused-ring (bicyclic) bond motifs is 1. The molecule has 2 amide bonds. The predicted octanol–water partition coefficient (Wildman–Crippen LogP) is 2.37. The molecule has 0 aromatic carbocycles. The van der Waals surface area contributed by atoms with Gasteiger partial charge in [0.15, 0.2) is 4.96 Å². The molecule has 0 spiro atoms. The van der Waals surface area contributed by atoms with Gasteiger partial charge in [-0.25, -0.2) is 4.98 Å². The second kappa shape index (κ2) is 8.03. The highest BCUT2D eigenvalue weighted by atomic mass is 32.1. The molecule has 28 heavy (non-hydrogen) atoms. The zero-order chi connectivity index (χ0) is 19.7. The Labute approximate surface area is 167 Å². The number of hydrogen-bond acceptors (Lipinski definition) is 5. The Bertz CT molecular complexity index is 945. The Balaban J connectivity index is 1.47. The maximum Gasteiger partial charge on any atom is 0.271 e. The van der Waals surface area contributed by atoms with Crippen LogP contribution in [0.1, 0.15) is 61.0 Å². The standard InChI is InChI=1S/C20H26N4O3S/c1-13-12-28-20-21-10-16(19(27)24(13)20)18(26)23-9-5-6-14(11-23)17(25)22-15-7-3-2-4-8-15/h10,12,14-15H,2-9,11H2,1H3,(H,22,25). The fraction of sp³-hybridized carbons (Fsp3) is 0.600. The molecule has 2 aliphatic rings. The largest absolute Gasteiger partial charge is 0.353 e. The van der Waals surface area contributed by atoms with Crippen LogP contribution in [0.3, 0.4) is 0 Å². The Morgan fingerprint density at radius 3 is 2.75 bits per heavy atom. The van der Waals surface area contributed by atoms with Crippen molar-refractivity contribution in [1.82, 2.24) is 19.6 Å². The molecular formula is C20H26N4O3S. The smallest absolute Gasteiger partial charge is 0.271 e. The first-order valence-electron chi connectivity index (χ1n) is 10.1. The lowest BCUT2D eigenvalue weighted by Crippen LogP contribution is -2.48. The monoisotopic (exact) mass is 402 g/mol. The van der Waals surface area contributed by atoms with Crippen molar-refractivity contribution >= 4 is 28.1 Å². The molecule has 1 aliphatic carbocycles. The van der Waals surface area contributed by atoms with Gasteiger partial charge in [-0.3, -0.25) is 18.8 Å². The van der Waals surface area contributed by atoms with E-state index < -0.39 is 0 Å². The summed E-state index contributed by atoms with van der Waals surface area (Å²) in [5.41, 5.74) is 0.519. The van der Waals surface area contributed by atoms with Crippen LogP contribution in [-0.4, -0.2) is 45.2 Å². The number of nitrogens with zero attached hydrogens (tertiary/aromatic N) is 3. The number of nitrogens with one attached hydrogen (secondary N) is 1. The highest BCUT2D eigenvalue weighted by Crippen LogP contribution is 2.21. The number of aryl methyl sites for hydroxylation is 1. The van der Waals surface area contributed by atoms with Gasteiger partial charge >= 0.3 is 0 Å². The highest BCUT2D eigenvalue weighted by Gasteiger charge is 2.31. The molecule has 0 radical (unpaired) electrons. The number of hydrogen-bond donors (Lipinski definition) is 1. The zero-order valence-corrected chi connectivity index (χ0v) is 17.0. The van der Waals surface area contributed by atoms with E-state index in [0.29, 0.717) is 18.1 Å². The van der Waals surface area contributed by atoms with E-state index >= 15 is 0 Å². The number of carbonyl (C=O) groups is 2. The number of likely N-dealkylation sites (tertiary alicyclic amines) is 1. The maximum absolute atomic E-state index is 13.0. The number of carbonyl (C=O) groups excluding carboxylic acids is 2. The van der Waals surface area contributed by atoms with Crippen LogP contribution in [0.25, 0.3) is 4.96 Å². The third-order valence-electron chi connectivity index (χ3n) is 5.88. The summed E-state index contributed by atoms with van der Waals surface area (Å²) < 4.78 is 1.48. The van der Waals surface area contributed by atoms with E-state index in [4.69, 9.17) is 0 Å². The van der Waals surface area contributed by atoms with Crippen molar-refractivity contribution in [3.63, 3.8) is 0 Å². The van der Waals surface area contributed by atoms with Crippen LogP contribution in [0.2, 0.25) is 0 Å². The van der Waals surface area contributed by atoms with E-state index in [-0.39, 0.29) is 34.9 Å². The van der Waals surface area contributed by atoms with Crippen LogP contribution >= 0.6 is 11.3 Å². The van der Waals surface area contributed by atoms with Crippen molar-refractivity contribution in [2.75, 3.05) is 13.1 Å². The molecule has 2 aromatic rings. The van der Waals surface area contributed by atoms with Gasteiger partial charge in [-0.2, -0.15) is 0 Å². The van der Waals surface area contributed by atoms with Gasteiger partial charge in [0.05, 0.1) is 5.92 Å². The molecule has 1 atom stereocenters. The zero-order valence-electron chi connectivity index (χ0n) is 16.1. The molecule has 2 aromatic heterocycles. The van der Waals surface area contributed by atoms with Crippen LogP contribution in [0, 0.1) is 12.8 Å². The summed E-state index contributed by atoms with van der Waals surface area (Å²) in [7, 11) is 0. The Kier molecular flexibility index (Phi) is 5.48. The van der Waals surface area contributed by atoms with Gasteiger partial charge < -0.3 is 10.2 Å². The van der Waals surface area contributed by atoms with Gasteiger partial charge in [0.25, 0.3) is 11.5 Å². The van der Waals surface area contributed by atoms with E-state index in [1.54, 1.807) is 4.90 Å². The quantitative estimate of drug-likeness (QED) is 0.854. The molecule has 8 heteroatoms. The van der Waals surface area contributed by atoms with Crippen LogP contribution in [0.5, 0.6) is 0 Å². The van der Waals surface area contributed by atoms with Crippen molar-refractivity contribution in [2.45, 2.75) is 57.9 Å². The second-order valence-corrected chi connectivity index (χ2v) is 8.74. The van der Waals surface area contributed by atoms with Crippen molar-refractivity contribution < 1.29 is 9.59 Å². The minimum Gasteiger partial charge on any atom is -0.353 e. The molecule has 7 nitrogen and oxygen atoms in total. The molecule has 3 heterocycles. The SMILES string of the molecule is Cc1csc2ncc(C(=O)N3CCCC(C(=O)NC4CCCCC4)C3)c(=O)n12. The summed E-state index contributed by atoms with van der Waals surface area (Å²) >= 11 is 1.38. The van der Waals surface area contributed by atoms with Gasteiger partial charge in [-0.1, -0.05) is 19.3 Å². The lowest BCUT2D eigenvalue weighted by Gasteiger charge is -2.33. The summed E-state index contributed by atoms with van der Waals surface area (Å²) in [6, 6.07) is 0.269. The Morgan fingerprint density at radius 1 is 1.18 bits per heavy atom. The van der Waals surface area contributed by atoms with Crippen molar-refractivity contribution in [1.29, 1.82) is 0 Å². The minimum atomic E-state index is -0.331. The van der Waals surface area contributed by atoms with Gasteiger partial charge in [-0.15, -0.1) is 11.3 Å². The molecule has 1 N–H and O–H groups in total. The minimum absolute atomic E-state index is 0.0448. The average Bonchev–Trinajstić information content (AvgIpc) is 3.10.